The number of halogens is 3. The molecule has 1 aliphatic rings. The van der Waals surface area contributed by atoms with Crippen molar-refractivity contribution in [1.29, 1.82) is 0 Å². The van der Waals surface area contributed by atoms with Gasteiger partial charge in [0.15, 0.2) is 17.3 Å². The van der Waals surface area contributed by atoms with E-state index in [1.807, 2.05) is 43.3 Å². The molecule has 2 aromatic heterocycles. The van der Waals surface area contributed by atoms with Gasteiger partial charge in [-0.25, -0.2) is 9.97 Å². The minimum absolute atomic E-state index is 0.00262. The van der Waals surface area contributed by atoms with Crippen molar-refractivity contribution in [3.63, 3.8) is 0 Å². The molecule has 1 amide bonds. The molecule has 0 saturated heterocycles. The van der Waals surface area contributed by atoms with Crippen molar-refractivity contribution in [2.75, 3.05) is 18.5 Å². The van der Waals surface area contributed by atoms with Gasteiger partial charge in [-0.1, -0.05) is 35.9 Å². The summed E-state index contributed by atoms with van der Waals surface area (Å²) in [5, 5.41) is 2.47. The fourth-order valence-electron chi connectivity index (χ4n) is 3.58. The lowest BCUT2D eigenvalue weighted by Gasteiger charge is -2.18. The maximum atomic E-state index is 12.9. The van der Waals surface area contributed by atoms with Crippen LogP contribution >= 0.6 is 0 Å². The summed E-state index contributed by atoms with van der Waals surface area (Å²) >= 11 is 0. The molecule has 0 unspecified atom stereocenters. The molecule has 0 bridgehead atoms. The van der Waals surface area contributed by atoms with E-state index < -0.39 is 17.9 Å². The van der Waals surface area contributed by atoms with E-state index in [1.165, 1.54) is 0 Å². The topological polar surface area (TPSA) is 86.5 Å². The van der Waals surface area contributed by atoms with Crippen LogP contribution < -0.4 is 14.8 Å². The molecular formula is C25H18F3N3O4. The largest absolute Gasteiger partial charge is 0.486 e. The molecule has 3 heterocycles. The molecule has 0 aliphatic carbocycles. The Balaban J connectivity index is 1.50. The van der Waals surface area contributed by atoms with Gasteiger partial charge < -0.3 is 19.2 Å². The van der Waals surface area contributed by atoms with Gasteiger partial charge >= 0.3 is 6.18 Å². The van der Waals surface area contributed by atoms with Crippen molar-refractivity contribution >= 4 is 11.6 Å². The molecule has 1 N–H and O–H groups in total. The Morgan fingerprint density at radius 3 is 2.26 bits per heavy atom. The van der Waals surface area contributed by atoms with Crippen LogP contribution in [-0.2, 0) is 6.18 Å². The highest BCUT2D eigenvalue weighted by molar-refractivity contribution is 6.04. The van der Waals surface area contributed by atoms with Crippen LogP contribution in [0.15, 0.2) is 65.3 Å². The van der Waals surface area contributed by atoms with Crippen molar-refractivity contribution in [2.24, 2.45) is 0 Å². The Morgan fingerprint density at radius 2 is 1.57 bits per heavy atom. The molecule has 4 aromatic rings. The first-order valence-electron chi connectivity index (χ1n) is 10.6. The number of alkyl halides is 3. The number of hydrogen-bond donors (Lipinski definition) is 1. The van der Waals surface area contributed by atoms with Gasteiger partial charge in [-0.2, -0.15) is 13.2 Å². The molecule has 10 heteroatoms. The minimum Gasteiger partial charge on any atom is -0.486 e. The Hall–Kier alpha value is -4.34. The van der Waals surface area contributed by atoms with Gasteiger partial charge in [0.1, 0.15) is 19.0 Å². The van der Waals surface area contributed by atoms with Crippen molar-refractivity contribution < 1.29 is 31.9 Å². The Morgan fingerprint density at radius 1 is 0.914 bits per heavy atom. The summed E-state index contributed by atoms with van der Waals surface area (Å²) in [6, 6.07) is 14.6. The van der Waals surface area contributed by atoms with Gasteiger partial charge in [-0.3, -0.25) is 4.79 Å². The fourth-order valence-corrected chi connectivity index (χ4v) is 3.58. The fraction of sp³-hybridized carbons (Fsp3) is 0.160. The normalized spacial score (nSPS) is 12.9. The first-order chi connectivity index (χ1) is 16.8. The van der Waals surface area contributed by atoms with Gasteiger partial charge in [0.05, 0.1) is 18.1 Å². The second kappa shape index (κ2) is 8.79. The first kappa shape index (κ1) is 22.5. The number of ether oxygens (including phenoxy) is 2. The zero-order valence-corrected chi connectivity index (χ0v) is 18.3. The minimum atomic E-state index is -4.68. The average Bonchev–Trinajstić information content (AvgIpc) is 3.30. The van der Waals surface area contributed by atoms with Crippen LogP contribution in [0.25, 0.3) is 22.5 Å². The van der Waals surface area contributed by atoms with Crippen molar-refractivity contribution in [1.82, 2.24) is 9.97 Å². The second-order valence-corrected chi connectivity index (χ2v) is 7.83. The molecular weight excluding hydrogens is 463 g/mol. The number of hydrogen-bond acceptors (Lipinski definition) is 6. The standard InChI is InChI=1S/C25H18F3N3O4/c1-14-2-4-15(5-3-14)22-18(16-6-7-19-20(10-16)34-9-8-33-19)11-21(35-22)23(32)31-17-12-29-24(30-13-17)25(26,27)28/h2-7,10-13H,8-9H2,1H3,(H,31,32). The van der Waals surface area contributed by atoms with E-state index in [0.29, 0.717) is 36.0 Å². The molecule has 0 fully saturated rings. The maximum absolute atomic E-state index is 12.9. The van der Waals surface area contributed by atoms with E-state index >= 15 is 0 Å². The van der Waals surface area contributed by atoms with Gasteiger partial charge in [-0.05, 0) is 30.7 Å². The third-order valence-corrected chi connectivity index (χ3v) is 5.29. The molecule has 2 aromatic carbocycles. The lowest BCUT2D eigenvalue weighted by molar-refractivity contribution is -0.144. The molecule has 1 aliphatic heterocycles. The number of amides is 1. The number of furan rings is 1. The van der Waals surface area contributed by atoms with Gasteiger partial charge in [-0.15, -0.1) is 0 Å². The van der Waals surface area contributed by atoms with Crippen LogP contribution in [0.1, 0.15) is 21.9 Å². The third-order valence-electron chi connectivity index (χ3n) is 5.29. The number of nitrogens with zero attached hydrogens (tertiary/aromatic N) is 2. The number of carbonyl (C=O) groups excluding carboxylic acids is 1. The Labute approximate surface area is 197 Å². The predicted octanol–water partition coefficient (Wildman–Crippen LogP) is 5.75. The summed E-state index contributed by atoms with van der Waals surface area (Å²) in [6.45, 7) is 2.85. The Kier molecular flexibility index (Phi) is 5.64. The van der Waals surface area contributed by atoms with Crippen molar-refractivity contribution in [3.8, 4) is 33.9 Å². The van der Waals surface area contributed by atoms with Crippen LogP contribution in [-0.4, -0.2) is 29.1 Å². The van der Waals surface area contributed by atoms with E-state index in [9.17, 15) is 18.0 Å². The van der Waals surface area contributed by atoms with Gasteiger partial charge in [0.25, 0.3) is 5.91 Å². The summed E-state index contributed by atoms with van der Waals surface area (Å²) in [5.41, 5.74) is 3.18. The lowest BCUT2D eigenvalue weighted by atomic mass is 10.0. The highest BCUT2D eigenvalue weighted by Gasteiger charge is 2.34. The van der Waals surface area contributed by atoms with Crippen LogP contribution in [0.4, 0.5) is 18.9 Å². The third kappa shape index (κ3) is 4.68. The number of carbonyl (C=O) groups is 1. The number of benzene rings is 2. The molecule has 178 valence electrons. The van der Waals surface area contributed by atoms with Crippen LogP contribution in [0, 0.1) is 6.92 Å². The summed E-state index contributed by atoms with van der Waals surface area (Å²) in [5.74, 6) is -0.333. The van der Waals surface area contributed by atoms with Crippen LogP contribution in [0.3, 0.4) is 0 Å². The van der Waals surface area contributed by atoms with Gasteiger partial charge in [0.2, 0.25) is 5.82 Å². The molecule has 0 atom stereocenters. The molecule has 0 saturated carbocycles. The number of anilines is 1. The smallest absolute Gasteiger partial charge is 0.451 e. The number of nitrogens with one attached hydrogen (secondary N) is 1. The van der Waals surface area contributed by atoms with E-state index in [0.717, 1.165) is 29.1 Å². The number of rotatable bonds is 4. The number of aromatic nitrogens is 2. The van der Waals surface area contributed by atoms with Crippen molar-refractivity contribution in [3.05, 3.63) is 78.1 Å². The van der Waals surface area contributed by atoms with E-state index in [4.69, 9.17) is 13.9 Å². The zero-order valence-electron chi connectivity index (χ0n) is 18.3. The first-order valence-corrected chi connectivity index (χ1v) is 10.6. The quantitative estimate of drug-likeness (QED) is 0.399. The summed E-state index contributed by atoms with van der Waals surface area (Å²) in [6.07, 6.45) is -2.90. The van der Waals surface area contributed by atoms with Crippen LogP contribution in [0.2, 0.25) is 0 Å². The monoisotopic (exact) mass is 481 g/mol. The summed E-state index contributed by atoms with van der Waals surface area (Å²) < 4.78 is 55.3. The average molecular weight is 481 g/mol. The lowest BCUT2D eigenvalue weighted by Crippen LogP contribution is -2.15. The van der Waals surface area contributed by atoms with E-state index in [2.05, 4.69) is 15.3 Å². The van der Waals surface area contributed by atoms with E-state index in [-0.39, 0.29) is 11.4 Å². The number of aryl methyl sites for hydroxylation is 1. The Bertz CT molecular complexity index is 1380. The summed E-state index contributed by atoms with van der Waals surface area (Å²) in [7, 11) is 0. The van der Waals surface area contributed by atoms with Gasteiger partial charge in [0, 0.05) is 11.1 Å². The molecule has 35 heavy (non-hydrogen) atoms. The molecule has 5 rings (SSSR count). The zero-order chi connectivity index (χ0) is 24.6. The number of fused-ring (bicyclic) bond motifs is 1. The predicted molar refractivity (Wildman–Crippen MR) is 120 cm³/mol. The second-order valence-electron chi connectivity index (χ2n) is 7.83. The molecule has 0 spiro atoms. The SMILES string of the molecule is Cc1ccc(-c2oc(C(=O)Nc3cnc(C(F)(F)F)nc3)cc2-c2ccc3c(c2)OCCO3)cc1. The maximum Gasteiger partial charge on any atom is 0.451 e. The van der Waals surface area contributed by atoms with Crippen molar-refractivity contribution in [2.45, 2.75) is 13.1 Å². The highest BCUT2D eigenvalue weighted by atomic mass is 19.4. The molecule has 7 nitrogen and oxygen atoms in total. The van der Waals surface area contributed by atoms with Crippen LogP contribution in [0.5, 0.6) is 11.5 Å². The highest BCUT2D eigenvalue weighted by Crippen LogP contribution is 2.40. The van der Waals surface area contributed by atoms with E-state index in [1.54, 1.807) is 12.1 Å². The summed E-state index contributed by atoms with van der Waals surface area (Å²) in [4.78, 5) is 19.4. The molecule has 0 radical (unpaired) electrons.